The summed E-state index contributed by atoms with van der Waals surface area (Å²) in [6, 6.07) is 0. The quantitative estimate of drug-likeness (QED) is 0.664. The van der Waals surface area contributed by atoms with Crippen LogP contribution in [0.5, 0.6) is 0 Å². The average Bonchev–Trinajstić information content (AvgIpc) is 2.02. The largest absolute Gasteiger partial charge is 0.463 e. The van der Waals surface area contributed by atoms with Crippen molar-refractivity contribution in [3.8, 4) is 0 Å². The van der Waals surface area contributed by atoms with Crippen LogP contribution in [-0.2, 0) is 19.1 Å². The highest BCUT2D eigenvalue weighted by Crippen LogP contribution is 2.18. The lowest BCUT2D eigenvalue weighted by atomic mass is 10.0. The highest BCUT2D eigenvalue weighted by molar-refractivity contribution is 5.83. The van der Waals surface area contributed by atoms with E-state index in [2.05, 4.69) is 0 Å². The van der Waals surface area contributed by atoms with Gasteiger partial charge in [-0.05, 0) is 20.8 Å². The van der Waals surface area contributed by atoms with Crippen molar-refractivity contribution in [1.82, 2.24) is 0 Å². The van der Waals surface area contributed by atoms with Crippen molar-refractivity contribution >= 4 is 11.9 Å². The number of esters is 2. The number of aliphatic hydroxyl groups is 1. The van der Waals surface area contributed by atoms with E-state index < -0.39 is 23.6 Å². The molecule has 5 heteroatoms. The van der Waals surface area contributed by atoms with E-state index in [9.17, 15) is 14.7 Å². The first-order valence-corrected chi connectivity index (χ1v) is 4.39. The Morgan fingerprint density at radius 3 is 2.29 bits per heavy atom. The lowest BCUT2D eigenvalue weighted by Crippen LogP contribution is -2.49. The number of rotatable bonds is 4. The molecule has 0 aromatic heterocycles. The molecule has 0 aromatic carbocycles. The van der Waals surface area contributed by atoms with Crippen molar-refractivity contribution < 1.29 is 24.2 Å². The van der Waals surface area contributed by atoms with Crippen LogP contribution in [0.15, 0.2) is 0 Å². The molecule has 0 saturated carbocycles. The second-order valence-corrected chi connectivity index (χ2v) is 3.10. The molecule has 5 nitrogen and oxygen atoms in total. The van der Waals surface area contributed by atoms with E-state index in [-0.39, 0.29) is 6.61 Å². The Labute approximate surface area is 83.0 Å². The molecule has 0 spiro atoms. The summed E-state index contributed by atoms with van der Waals surface area (Å²) in [5, 5.41) is 9.34. The van der Waals surface area contributed by atoms with Gasteiger partial charge in [0.1, 0.15) is 6.10 Å². The first-order valence-electron chi connectivity index (χ1n) is 4.39. The molecule has 0 fully saturated rings. The summed E-state index contributed by atoms with van der Waals surface area (Å²) in [6.45, 7) is 5.65. The first-order chi connectivity index (χ1) is 6.34. The molecule has 1 N–H and O–H groups in total. The van der Waals surface area contributed by atoms with Gasteiger partial charge in [-0.1, -0.05) is 0 Å². The van der Waals surface area contributed by atoms with E-state index in [0.717, 1.165) is 0 Å². The second kappa shape index (κ2) is 4.95. The highest BCUT2D eigenvalue weighted by atomic mass is 16.6. The molecule has 0 saturated heterocycles. The van der Waals surface area contributed by atoms with E-state index in [1.807, 2.05) is 0 Å². The molecule has 0 aliphatic carbocycles. The van der Waals surface area contributed by atoms with Gasteiger partial charge in [-0.15, -0.1) is 0 Å². The fraction of sp³-hybridized carbons (Fsp3) is 0.778. The molecular formula is C9H16O5. The Morgan fingerprint density at radius 1 is 1.50 bits per heavy atom. The Hall–Kier alpha value is -1.10. The number of hydrogen-bond acceptors (Lipinski definition) is 5. The molecule has 0 heterocycles. The summed E-state index contributed by atoms with van der Waals surface area (Å²) < 4.78 is 9.44. The van der Waals surface area contributed by atoms with E-state index in [4.69, 9.17) is 9.47 Å². The normalized spacial score (nSPS) is 16.6. The molecular weight excluding hydrogens is 188 g/mol. The van der Waals surface area contributed by atoms with Crippen LogP contribution in [0.1, 0.15) is 27.7 Å². The molecule has 0 aliphatic heterocycles. The number of aliphatic hydroxyl groups excluding tert-OH is 1. The smallest absolute Gasteiger partial charge is 0.353 e. The van der Waals surface area contributed by atoms with Gasteiger partial charge in [0.2, 0.25) is 5.60 Å². The summed E-state index contributed by atoms with van der Waals surface area (Å²) >= 11 is 0. The Bertz CT molecular complexity index is 223. The third-order valence-corrected chi connectivity index (χ3v) is 1.83. The maximum atomic E-state index is 11.4. The maximum Gasteiger partial charge on any atom is 0.353 e. The predicted molar refractivity (Wildman–Crippen MR) is 48.5 cm³/mol. The van der Waals surface area contributed by atoms with Crippen molar-refractivity contribution in [2.45, 2.75) is 39.4 Å². The summed E-state index contributed by atoms with van der Waals surface area (Å²) in [6.07, 6.45) is -1.12. The molecule has 0 amide bonds. The van der Waals surface area contributed by atoms with Gasteiger partial charge in [0.05, 0.1) is 6.61 Å². The van der Waals surface area contributed by atoms with Gasteiger partial charge in [-0.2, -0.15) is 0 Å². The zero-order valence-corrected chi connectivity index (χ0v) is 8.86. The van der Waals surface area contributed by atoms with Crippen LogP contribution in [0.3, 0.4) is 0 Å². The maximum absolute atomic E-state index is 11.4. The molecule has 0 rings (SSSR count). The van der Waals surface area contributed by atoms with Crippen LogP contribution in [0, 0.1) is 0 Å². The van der Waals surface area contributed by atoms with E-state index in [1.54, 1.807) is 6.92 Å². The second-order valence-electron chi connectivity index (χ2n) is 3.10. The van der Waals surface area contributed by atoms with Gasteiger partial charge in [-0.3, -0.25) is 4.79 Å². The third kappa shape index (κ3) is 2.99. The molecule has 0 unspecified atom stereocenters. The summed E-state index contributed by atoms with van der Waals surface area (Å²) in [4.78, 5) is 22.1. The highest BCUT2D eigenvalue weighted by Gasteiger charge is 2.43. The average molecular weight is 204 g/mol. The van der Waals surface area contributed by atoms with Gasteiger partial charge in [0, 0.05) is 6.92 Å². The van der Waals surface area contributed by atoms with Gasteiger partial charge >= 0.3 is 11.9 Å². The number of carbonyl (C=O) groups excluding carboxylic acids is 2. The SMILES string of the molecule is CCOC(=O)[C@](C)(OC(C)=O)[C@H](C)O. The Morgan fingerprint density at radius 2 is 2.00 bits per heavy atom. The lowest BCUT2D eigenvalue weighted by Gasteiger charge is -2.29. The van der Waals surface area contributed by atoms with Crippen molar-refractivity contribution in [2.75, 3.05) is 6.61 Å². The zero-order chi connectivity index (χ0) is 11.4. The number of ether oxygens (including phenoxy) is 2. The van der Waals surface area contributed by atoms with Crippen molar-refractivity contribution in [1.29, 1.82) is 0 Å². The minimum atomic E-state index is -1.62. The van der Waals surface area contributed by atoms with Crippen LogP contribution in [0.2, 0.25) is 0 Å². The molecule has 2 atom stereocenters. The van der Waals surface area contributed by atoms with E-state index >= 15 is 0 Å². The number of carbonyl (C=O) groups is 2. The fourth-order valence-corrected chi connectivity index (χ4v) is 0.870. The Balaban J connectivity index is 4.70. The zero-order valence-electron chi connectivity index (χ0n) is 8.86. The van der Waals surface area contributed by atoms with Crippen molar-refractivity contribution in [3.05, 3.63) is 0 Å². The first kappa shape index (κ1) is 12.9. The monoisotopic (exact) mass is 204 g/mol. The van der Waals surface area contributed by atoms with E-state index in [0.29, 0.717) is 0 Å². The van der Waals surface area contributed by atoms with Gasteiger partial charge in [0.25, 0.3) is 0 Å². The van der Waals surface area contributed by atoms with Crippen LogP contribution in [0.25, 0.3) is 0 Å². The van der Waals surface area contributed by atoms with Crippen molar-refractivity contribution in [2.24, 2.45) is 0 Å². The van der Waals surface area contributed by atoms with Gasteiger partial charge < -0.3 is 14.6 Å². The summed E-state index contributed by atoms with van der Waals surface area (Å²) in [5.74, 6) is -1.38. The minimum absolute atomic E-state index is 0.169. The molecule has 0 bridgehead atoms. The summed E-state index contributed by atoms with van der Waals surface area (Å²) in [5.41, 5.74) is -1.62. The van der Waals surface area contributed by atoms with Crippen LogP contribution in [0.4, 0.5) is 0 Å². The van der Waals surface area contributed by atoms with E-state index in [1.165, 1.54) is 20.8 Å². The number of hydrogen-bond donors (Lipinski definition) is 1. The summed E-state index contributed by atoms with van der Waals surface area (Å²) in [7, 11) is 0. The predicted octanol–water partition coefficient (Wildman–Crippen LogP) is 0.252. The van der Waals surface area contributed by atoms with Gasteiger partial charge in [0.15, 0.2) is 0 Å². The Kier molecular flexibility index (Phi) is 4.56. The molecule has 0 aliphatic rings. The molecule has 14 heavy (non-hydrogen) atoms. The van der Waals surface area contributed by atoms with Crippen LogP contribution in [-0.4, -0.2) is 35.4 Å². The third-order valence-electron chi connectivity index (χ3n) is 1.83. The van der Waals surface area contributed by atoms with Crippen LogP contribution < -0.4 is 0 Å². The fourth-order valence-electron chi connectivity index (χ4n) is 0.870. The molecule has 0 radical (unpaired) electrons. The lowest BCUT2D eigenvalue weighted by molar-refractivity contribution is -0.190. The topological polar surface area (TPSA) is 72.8 Å². The minimum Gasteiger partial charge on any atom is -0.463 e. The van der Waals surface area contributed by atoms with Crippen molar-refractivity contribution in [3.63, 3.8) is 0 Å². The van der Waals surface area contributed by atoms with Gasteiger partial charge in [-0.25, -0.2) is 4.79 Å². The molecule has 0 aromatic rings. The van der Waals surface area contributed by atoms with Crippen LogP contribution >= 0.6 is 0 Å². The standard InChI is InChI=1S/C9H16O5/c1-5-13-8(12)9(4,6(2)10)14-7(3)11/h6,10H,5H2,1-4H3/t6-,9+/m0/s1. The molecule has 82 valence electrons.